The molecule has 3 amide bonds. The number of fused-ring (bicyclic) bond motifs is 3. The van der Waals surface area contributed by atoms with Crippen LogP contribution in [0.2, 0.25) is 0 Å². The van der Waals surface area contributed by atoms with Crippen LogP contribution in [0.5, 0.6) is 11.5 Å². The summed E-state index contributed by atoms with van der Waals surface area (Å²) in [6.45, 7) is 3.36. The van der Waals surface area contributed by atoms with E-state index in [2.05, 4.69) is 54.7 Å². The number of hydrogen-bond donors (Lipinski definition) is 1. The zero-order valence-corrected chi connectivity index (χ0v) is 25.0. The van der Waals surface area contributed by atoms with Crippen molar-refractivity contribution in [2.45, 2.75) is 51.8 Å². The number of carbonyl (C=O) groups is 3. The van der Waals surface area contributed by atoms with E-state index in [9.17, 15) is 14.4 Å². The Morgan fingerprint density at radius 2 is 1.71 bits per heavy atom. The first kappa shape index (κ1) is 28.5. The number of imide groups is 1. The van der Waals surface area contributed by atoms with Crippen LogP contribution in [0.3, 0.4) is 0 Å². The molecule has 1 atom stereocenters. The Hall–Kier alpha value is -5.24. The highest BCUT2D eigenvalue weighted by Crippen LogP contribution is 2.34. The summed E-state index contributed by atoms with van der Waals surface area (Å²) in [5.41, 5.74) is 6.50. The minimum atomic E-state index is -0.659. The molecule has 4 aromatic carbocycles. The lowest BCUT2D eigenvalue weighted by Crippen LogP contribution is -2.52. The van der Waals surface area contributed by atoms with Gasteiger partial charge in [0.1, 0.15) is 24.1 Å². The van der Waals surface area contributed by atoms with Gasteiger partial charge in [-0.15, -0.1) is 0 Å². The smallest absolute Gasteiger partial charge is 0.255 e. The fourth-order valence-electron chi connectivity index (χ4n) is 6.20. The van der Waals surface area contributed by atoms with Crippen LogP contribution < -0.4 is 14.8 Å². The highest BCUT2D eigenvalue weighted by atomic mass is 16.5. The standard InChI is InChI=1S/C37H33N3O5/c1-2-16-44-27-18-26(29-19-25-6-3-4-8-31(25)38-32(29)20-27)17-23-10-12-24(13-11-23)22-45-34-9-5-7-28-30(34)21-40(37(28)43)33-14-15-35(41)39-36(33)42/h3-13,18-20,33H,2,14-17,21-22H2,1H3,(H,39,41,42). The molecular weight excluding hydrogens is 566 g/mol. The average molecular weight is 600 g/mol. The quantitative estimate of drug-likeness (QED) is 0.162. The maximum absolute atomic E-state index is 13.1. The monoisotopic (exact) mass is 599 g/mol. The van der Waals surface area contributed by atoms with Gasteiger partial charge in [-0.05, 0) is 66.3 Å². The number of aromatic nitrogens is 1. The molecule has 226 valence electrons. The lowest BCUT2D eigenvalue weighted by atomic mass is 9.98. The number of nitrogens with zero attached hydrogens (tertiary/aromatic N) is 2. The normalized spacial score (nSPS) is 16.2. The van der Waals surface area contributed by atoms with Gasteiger partial charge in [0.05, 0.1) is 24.2 Å². The summed E-state index contributed by atoms with van der Waals surface area (Å²) >= 11 is 0. The predicted molar refractivity (Wildman–Crippen MR) is 171 cm³/mol. The lowest BCUT2D eigenvalue weighted by Gasteiger charge is -2.29. The zero-order valence-electron chi connectivity index (χ0n) is 25.0. The molecule has 1 unspecified atom stereocenters. The van der Waals surface area contributed by atoms with Crippen LogP contribution in [0, 0.1) is 0 Å². The third-order valence-electron chi connectivity index (χ3n) is 8.52. The van der Waals surface area contributed by atoms with Gasteiger partial charge in [-0.1, -0.05) is 55.5 Å². The molecule has 3 heterocycles. The van der Waals surface area contributed by atoms with E-state index in [1.807, 2.05) is 30.3 Å². The van der Waals surface area contributed by atoms with E-state index < -0.39 is 11.9 Å². The topological polar surface area (TPSA) is 97.8 Å². The molecule has 0 radical (unpaired) electrons. The molecule has 2 aliphatic heterocycles. The van der Waals surface area contributed by atoms with Gasteiger partial charge in [0, 0.05) is 34.4 Å². The number of benzene rings is 4. The van der Waals surface area contributed by atoms with Gasteiger partial charge in [-0.25, -0.2) is 4.98 Å². The van der Waals surface area contributed by atoms with Crippen LogP contribution >= 0.6 is 0 Å². The maximum atomic E-state index is 13.1. The fraction of sp³-hybridized carbons (Fsp3) is 0.243. The van der Waals surface area contributed by atoms with Crippen LogP contribution in [0.15, 0.2) is 84.9 Å². The lowest BCUT2D eigenvalue weighted by molar-refractivity contribution is -0.136. The van der Waals surface area contributed by atoms with Crippen molar-refractivity contribution >= 4 is 39.5 Å². The van der Waals surface area contributed by atoms with Crippen molar-refractivity contribution in [2.75, 3.05) is 6.61 Å². The number of piperidine rings is 1. The van der Waals surface area contributed by atoms with Crippen molar-refractivity contribution in [1.29, 1.82) is 0 Å². The predicted octanol–water partition coefficient (Wildman–Crippen LogP) is 6.11. The molecule has 0 saturated carbocycles. The molecule has 7 rings (SSSR count). The van der Waals surface area contributed by atoms with Crippen LogP contribution in [-0.4, -0.2) is 40.3 Å². The number of rotatable bonds is 9. The number of amides is 3. The van der Waals surface area contributed by atoms with Crippen molar-refractivity contribution in [1.82, 2.24) is 15.2 Å². The first-order valence-corrected chi connectivity index (χ1v) is 15.4. The molecular formula is C37H33N3O5. The molecule has 1 saturated heterocycles. The number of para-hydroxylation sites is 1. The Balaban J connectivity index is 1.07. The van der Waals surface area contributed by atoms with Crippen LogP contribution in [0.4, 0.5) is 0 Å². The molecule has 1 fully saturated rings. The van der Waals surface area contributed by atoms with Gasteiger partial charge in [0.15, 0.2) is 0 Å². The van der Waals surface area contributed by atoms with E-state index in [4.69, 9.17) is 14.5 Å². The van der Waals surface area contributed by atoms with Gasteiger partial charge in [-0.2, -0.15) is 0 Å². The van der Waals surface area contributed by atoms with Gasteiger partial charge < -0.3 is 14.4 Å². The second-order valence-electron chi connectivity index (χ2n) is 11.6. The summed E-state index contributed by atoms with van der Waals surface area (Å²) in [6, 6.07) is 27.6. The highest BCUT2D eigenvalue weighted by Gasteiger charge is 2.40. The second-order valence-corrected chi connectivity index (χ2v) is 11.6. The van der Waals surface area contributed by atoms with Gasteiger partial charge in [0.25, 0.3) is 5.91 Å². The minimum absolute atomic E-state index is 0.214. The van der Waals surface area contributed by atoms with E-state index in [-0.39, 0.29) is 24.8 Å². The Bertz CT molecular complexity index is 1950. The molecule has 8 nitrogen and oxygen atoms in total. The molecule has 1 N–H and O–H groups in total. The number of pyridine rings is 1. The van der Waals surface area contributed by atoms with Crippen molar-refractivity contribution in [2.24, 2.45) is 0 Å². The summed E-state index contributed by atoms with van der Waals surface area (Å²) in [5.74, 6) is 0.512. The summed E-state index contributed by atoms with van der Waals surface area (Å²) in [4.78, 5) is 43.7. The van der Waals surface area contributed by atoms with Crippen LogP contribution in [0.25, 0.3) is 21.8 Å². The first-order valence-electron chi connectivity index (χ1n) is 15.4. The Labute approximate surface area is 261 Å². The molecule has 5 aromatic rings. The van der Waals surface area contributed by atoms with Crippen LogP contribution in [-0.2, 0) is 29.2 Å². The molecule has 0 aliphatic carbocycles. The summed E-state index contributed by atoms with van der Waals surface area (Å²) in [7, 11) is 0. The van der Waals surface area contributed by atoms with Crippen molar-refractivity contribution in [3.05, 3.63) is 113 Å². The summed E-state index contributed by atoms with van der Waals surface area (Å²) < 4.78 is 12.2. The van der Waals surface area contributed by atoms with E-state index >= 15 is 0 Å². The van der Waals surface area contributed by atoms with E-state index in [0.29, 0.717) is 30.9 Å². The zero-order chi connectivity index (χ0) is 30.9. The summed E-state index contributed by atoms with van der Waals surface area (Å²) in [6.07, 6.45) is 2.21. The largest absolute Gasteiger partial charge is 0.494 e. The molecule has 45 heavy (non-hydrogen) atoms. The third-order valence-corrected chi connectivity index (χ3v) is 8.52. The molecule has 1 aromatic heterocycles. The number of carbonyl (C=O) groups excluding carboxylic acids is 3. The van der Waals surface area contributed by atoms with E-state index in [0.717, 1.165) is 62.7 Å². The molecule has 0 bridgehead atoms. The van der Waals surface area contributed by atoms with E-state index in [1.165, 1.54) is 0 Å². The highest BCUT2D eigenvalue weighted by molar-refractivity contribution is 6.05. The Kier molecular flexibility index (Phi) is 7.63. The Morgan fingerprint density at radius 1 is 0.889 bits per heavy atom. The number of nitrogens with one attached hydrogen (secondary N) is 1. The molecule has 0 spiro atoms. The van der Waals surface area contributed by atoms with Gasteiger partial charge in [0.2, 0.25) is 11.8 Å². The minimum Gasteiger partial charge on any atom is -0.494 e. The fourth-order valence-corrected chi connectivity index (χ4v) is 6.20. The van der Waals surface area contributed by atoms with Crippen molar-refractivity contribution in [3.8, 4) is 11.5 Å². The Morgan fingerprint density at radius 3 is 2.53 bits per heavy atom. The number of ether oxygens (including phenoxy) is 2. The van der Waals surface area contributed by atoms with E-state index in [1.54, 1.807) is 17.0 Å². The SMILES string of the molecule is CCCOc1cc(Cc2ccc(COc3cccc4c3CN(C3CCC(=O)NC3=O)C4=O)cc2)c2cc3ccccc3nc2c1. The molecule has 8 heteroatoms. The average Bonchev–Trinajstić information content (AvgIpc) is 3.39. The first-order chi connectivity index (χ1) is 22.0. The van der Waals surface area contributed by atoms with Crippen molar-refractivity contribution < 1.29 is 23.9 Å². The van der Waals surface area contributed by atoms with Crippen molar-refractivity contribution in [3.63, 3.8) is 0 Å². The van der Waals surface area contributed by atoms with Gasteiger partial charge in [-0.3, -0.25) is 19.7 Å². The summed E-state index contributed by atoms with van der Waals surface area (Å²) in [5, 5.41) is 4.57. The van der Waals surface area contributed by atoms with Gasteiger partial charge >= 0.3 is 0 Å². The third kappa shape index (κ3) is 5.71. The maximum Gasteiger partial charge on any atom is 0.255 e. The number of hydrogen-bond acceptors (Lipinski definition) is 6. The molecule has 2 aliphatic rings. The second kappa shape index (κ2) is 12.0. The van der Waals surface area contributed by atoms with Crippen LogP contribution in [0.1, 0.15) is 58.8 Å².